The van der Waals surface area contributed by atoms with Gasteiger partial charge < -0.3 is 9.88 Å². The van der Waals surface area contributed by atoms with Crippen molar-refractivity contribution in [2.45, 2.75) is 19.9 Å². The Morgan fingerprint density at radius 1 is 1.24 bits per heavy atom. The van der Waals surface area contributed by atoms with E-state index in [4.69, 9.17) is 11.6 Å². The van der Waals surface area contributed by atoms with Crippen molar-refractivity contribution in [3.8, 4) is 0 Å². The molecule has 0 bridgehead atoms. The number of rotatable bonds is 5. The fourth-order valence-corrected chi connectivity index (χ4v) is 2.88. The minimum Gasteiger partial charge on any atom is -0.352 e. The Hall–Kier alpha value is -2.66. The molecule has 2 heterocycles. The molecule has 128 valence electrons. The predicted octanol–water partition coefficient (Wildman–Crippen LogP) is 3.18. The highest BCUT2D eigenvalue weighted by Gasteiger charge is 2.12. The molecule has 0 radical (unpaired) electrons. The normalized spacial score (nSPS) is 10.8. The number of hydrogen-bond donors (Lipinski definition) is 1. The second-order valence-corrected chi connectivity index (χ2v) is 6.25. The number of carbonyl (C=O) groups is 1. The van der Waals surface area contributed by atoms with Crippen LogP contribution in [-0.2, 0) is 6.54 Å². The Bertz CT molecular complexity index is 977. The molecule has 1 aromatic carbocycles. The average Bonchev–Trinajstić information content (AvgIpc) is 2.58. The van der Waals surface area contributed by atoms with Gasteiger partial charge in [0.25, 0.3) is 5.91 Å². The first-order chi connectivity index (χ1) is 12.0. The van der Waals surface area contributed by atoms with Gasteiger partial charge in [-0.3, -0.25) is 14.6 Å². The smallest absolute Gasteiger partial charge is 0.252 e. The highest BCUT2D eigenvalue weighted by molar-refractivity contribution is 6.31. The standard InChI is InChI=1S/C19H18ClN3O2/c1-13-11-16(15-7-6-14(20)12-17(15)22-13)19(25)21-8-4-10-23-9-3-2-5-18(23)24/h2-3,5-7,9,11-12H,4,8,10H2,1H3,(H,21,25). The van der Waals surface area contributed by atoms with Crippen LogP contribution in [0.2, 0.25) is 5.02 Å². The van der Waals surface area contributed by atoms with E-state index in [1.165, 1.54) is 6.07 Å². The lowest BCUT2D eigenvalue weighted by Gasteiger charge is -2.10. The summed E-state index contributed by atoms with van der Waals surface area (Å²) in [7, 11) is 0. The van der Waals surface area contributed by atoms with Gasteiger partial charge in [0.2, 0.25) is 5.56 Å². The second-order valence-electron chi connectivity index (χ2n) is 5.81. The van der Waals surface area contributed by atoms with Crippen LogP contribution in [-0.4, -0.2) is 22.0 Å². The number of nitrogens with one attached hydrogen (secondary N) is 1. The lowest BCUT2D eigenvalue weighted by Crippen LogP contribution is -2.27. The van der Waals surface area contributed by atoms with E-state index in [1.807, 2.05) is 19.1 Å². The SMILES string of the molecule is Cc1cc(C(=O)NCCCn2ccccc2=O)c2ccc(Cl)cc2n1. The maximum atomic E-state index is 12.5. The molecule has 3 aromatic rings. The second kappa shape index (κ2) is 7.49. The summed E-state index contributed by atoms with van der Waals surface area (Å²) in [5.41, 5.74) is 2.00. The Balaban J connectivity index is 1.68. The molecule has 0 saturated heterocycles. The molecule has 5 nitrogen and oxygen atoms in total. The fraction of sp³-hybridized carbons (Fsp3) is 0.211. The topological polar surface area (TPSA) is 64.0 Å². The first kappa shape index (κ1) is 17.2. The largest absolute Gasteiger partial charge is 0.352 e. The lowest BCUT2D eigenvalue weighted by molar-refractivity contribution is 0.0954. The number of nitrogens with zero attached hydrogens (tertiary/aromatic N) is 2. The van der Waals surface area contributed by atoms with Crippen molar-refractivity contribution in [3.05, 3.63) is 75.3 Å². The van der Waals surface area contributed by atoms with Crippen molar-refractivity contribution < 1.29 is 4.79 Å². The van der Waals surface area contributed by atoms with E-state index in [1.54, 1.807) is 35.0 Å². The van der Waals surface area contributed by atoms with Crippen LogP contribution in [0.4, 0.5) is 0 Å². The molecule has 25 heavy (non-hydrogen) atoms. The molecule has 0 unspecified atom stereocenters. The Morgan fingerprint density at radius 2 is 2.08 bits per heavy atom. The van der Waals surface area contributed by atoms with E-state index in [0.717, 1.165) is 11.1 Å². The van der Waals surface area contributed by atoms with Gasteiger partial charge in [0, 0.05) is 41.5 Å². The third kappa shape index (κ3) is 4.06. The van der Waals surface area contributed by atoms with E-state index in [9.17, 15) is 9.59 Å². The molecule has 0 saturated carbocycles. The summed E-state index contributed by atoms with van der Waals surface area (Å²) in [6, 6.07) is 12.1. The molecule has 0 spiro atoms. The molecule has 2 aromatic heterocycles. The maximum Gasteiger partial charge on any atom is 0.252 e. The molecule has 0 atom stereocenters. The molecular weight excluding hydrogens is 338 g/mol. The number of carbonyl (C=O) groups excluding carboxylic acids is 1. The van der Waals surface area contributed by atoms with Crippen molar-refractivity contribution >= 4 is 28.4 Å². The van der Waals surface area contributed by atoms with Crippen LogP contribution in [0, 0.1) is 6.92 Å². The van der Waals surface area contributed by atoms with Crippen molar-refractivity contribution in [3.63, 3.8) is 0 Å². The third-order valence-corrected chi connectivity index (χ3v) is 4.14. The fourth-order valence-electron chi connectivity index (χ4n) is 2.71. The van der Waals surface area contributed by atoms with Gasteiger partial charge >= 0.3 is 0 Å². The molecule has 0 fully saturated rings. The summed E-state index contributed by atoms with van der Waals surface area (Å²) >= 11 is 6.01. The van der Waals surface area contributed by atoms with Gasteiger partial charge in [-0.25, -0.2) is 0 Å². The predicted molar refractivity (Wildman–Crippen MR) is 99.1 cm³/mol. The average molecular weight is 356 g/mol. The van der Waals surface area contributed by atoms with Crippen molar-refractivity contribution in [1.82, 2.24) is 14.9 Å². The van der Waals surface area contributed by atoms with Crippen LogP contribution in [0.3, 0.4) is 0 Å². The monoisotopic (exact) mass is 355 g/mol. The molecule has 0 aliphatic carbocycles. The number of aryl methyl sites for hydroxylation is 2. The summed E-state index contributed by atoms with van der Waals surface area (Å²) in [6.07, 6.45) is 2.41. The van der Waals surface area contributed by atoms with Crippen LogP contribution < -0.4 is 10.9 Å². The van der Waals surface area contributed by atoms with E-state index in [0.29, 0.717) is 35.6 Å². The number of amides is 1. The summed E-state index contributed by atoms with van der Waals surface area (Å²) in [4.78, 5) is 28.6. The highest BCUT2D eigenvalue weighted by Crippen LogP contribution is 2.22. The van der Waals surface area contributed by atoms with Crippen LogP contribution in [0.25, 0.3) is 10.9 Å². The summed E-state index contributed by atoms with van der Waals surface area (Å²) in [5, 5.41) is 4.27. The summed E-state index contributed by atoms with van der Waals surface area (Å²) in [6.45, 7) is 2.89. The molecule has 1 amide bonds. The van der Waals surface area contributed by atoms with Gasteiger partial charge in [0.05, 0.1) is 11.1 Å². The number of benzene rings is 1. The first-order valence-corrected chi connectivity index (χ1v) is 8.43. The zero-order valence-corrected chi connectivity index (χ0v) is 14.6. The molecular formula is C19H18ClN3O2. The molecule has 3 rings (SSSR count). The zero-order chi connectivity index (χ0) is 17.8. The Morgan fingerprint density at radius 3 is 2.88 bits per heavy atom. The van der Waals surface area contributed by atoms with Crippen molar-refractivity contribution in [1.29, 1.82) is 0 Å². The van der Waals surface area contributed by atoms with E-state index < -0.39 is 0 Å². The lowest BCUT2D eigenvalue weighted by atomic mass is 10.1. The number of aromatic nitrogens is 2. The quantitative estimate of drug-likeness (QED) is 0.715. The van der Waals surface area contributed by atoms with Crippen LogP contribution >= 0.6 is 11.6 Å². The Labute approximate surface area is 150 Å². The van der Waals surface area contributed by atoms with Gasteiger partial charge in [-0.15, -0.1) is 0 Å². The molecule has 0 aliphatic rings. The van der Waals surface area contributed by atoms with Gasteiger partial charge in [0.1, 0.15) is 0 Å². The summed E-state index contributed by atoms with van der Waals surface area (Å²) in [5.74, 6) is -0.154. The number of fused-ring (bicyclic) bond motifs is 1. The minimum absolute atomic E-state index is 0.0403. The van der Waals surface area contributed by atoms with Gasteiger partial charge in [-0.05, 0) is 37.6 Å². The highest BCUT2D eigenvalue weighted by atomic mass is 35.5. The molecule has 1 N–H and O–H groups in total. The van der Waals surface area contributed by atoms with Crippen LogP contribution in [0.1, 0.15) is 22.5 Å². The Kier molecular flexibility index (Phi) is 5.14. The number of halogens is 1. The van der Waals surface area contributed by atoms with Gasteiger partial charge in [-0.2, -0.15) is 0 Å². The van der Waals surface area contributed by atoms with E-state index >= 15 is 0 Å². The minimum atomic E-state index is -0.154. The number of pyridine rings is 2. The number of hydrogen-bond acceptors (Lipinski definition) is 3. The van der Waals surface area contributed by atoms with E-state index in [-0.39, 0.29) is 11.5 Å². The van der Waals surface area contributed by atoms with Crippen molar-refractivity contribution in [2.75, 3.05) is 6.54 Å². The van der Waals surface area contributed by atoms with Crippen molar-refractivity contribution in [2.24, 2.45) is 0 Å². The summed E-state index contributed by atoms with van der Waals surface area (Å²) < 4.78 is 1.63. The zero-order valence-electron chi connectivity index (χ0n) is 13.8. The molecule has 0 aliphatic heterocycles. The van der Waals surface area contributed by atoms with Crippen LogP contribution in [0.15, 0.2) is 53.5 Å². The molecule has 6 heteroatoms. The third-order valence-electron chi connectivity index (χ3n) is 3.90. The van der Waals surface area contributed by atoms with E-state index in [2.05, 4.69) is 10.3 Å². The first-order valence-electron chi connectivity index (χ1n) is 8.05. The van der Waals surface area contributed by atoms with Crippen LogP contribution in [0.5, 0.6) is 0 Å². The van der Waals surface area contributed by atoms with Gasteiger partial charge in [-0.1, -0.05) is 23.7 Å². The maximum absolute atomic E-state index is 12.5. The van der Waals surface area contributed by atoms with Gasteiger partial charge in [0.15, 0.2) is 0 Å².